The van der Waals surface area contributed by atoms with Gasteiger partial charge >= 0.3 is 0 Å². The van der Waals surface area contributed by atoms with Crippen LogP contribution in [0, 0.1) is 20.8 Å². The highest BCUT2D eigenvalue weighted by atomic mass is 32.1. The molecule has 0 aromatic carbocycles. The van der Waals surface area contributed by atoms with Crippen molar-refractivity contribution in [3.8, 4) is 0 Å². The highest BCUT2D eigenvalue weighted by Gasteiger charge is 2.12. The van der Waals surface area contributed by atoms with Crippen LogP contribution in [0.2, 0.25) is 0 Å². The van der Waals surface area contributed by atoms with Crippen LogP contribution in [0.4, 0.5) is 0 Å². The molecule has 0 spiro atoms. The third-order valence-corrected chi connectivity index (χ3v) is 3.48. The first-order valence-corrected chi connectivity index (χ1v) is 5.10. The molecule has 0 amide bonds. The molecule has 0 saturated carbocycles. The van der Waals surface area contributed by atoms with Gasteiger partial charge in [0.05, 0.1) is 11.4 Å². The van der Waals surface area contributed by atoms with Gasteiger partial charge in [-0.15, -0.1) is 11.3 Å². The molecule has 0 saturated heterocycles. The number of rotatable bonds is 1. The van der Waals surface area contributed by atoms with Gasteiger partial charge in [-0.25, -0.2) is 4.98 Å². The molecular weight excluding hydrogens is 182 g/mol. The van der Waals surface area contributed by atoms with E-state index in [1.807, 2.05) is 6.92 Å². The average Bonchev–Trinajstić information content (AvgIpc) is 2.51. The Labute approximate surface area is 81.2 Å². The monoisotopic (exact) mass is 195 g/mol. The van der Waals surface area contributed by atoms with Gasteiger partial charge in [0.2, 0.25) is 0 Å². The van der Waals surface area contributed by atoms with Crippen LogP contribution in [0.25, 0.3) is 4.96 Å². The van der Waals surface area contributed by atoms with E-state index in [0.29, 0.717) is 6.54 Å². The number of imidazole rings is 1. The smallest absolute Gasteiger partial charge is 0.194 e. The molecule has 0 aliphatic heterocycles. The molecular formula is C9H13N3S. The first-order valence-electron chi connectivity index (χ1n) is 4.29. The lowest BCUT2D eigenvalue weighted by molar-refractivity contribution is 0.924. The van der Waals surface area contributed by atoms with Gasteiger partial charge in [0, 0.05) is 17.1 Å². The quantitative estimate of drug-likeness (QED) is 0.753. The summed E-state index contributed by atoms with van der Waals surface area (Å²) in [6.07, 6.45) is 0. The second-order valence-corrected chi connectivity index (χ2v) is 4.39. The van der Waals surface area contributed by atoms with Crippen LogP contribution < -0.4 is 5.73 Å². The summed E-state index contributed by atoms with van der Waals surface area (Å²) in [5, 5.41) is 0. The second kappa shape index (κ2) is 2.82. The molecule has 0 radical (unpaired) electrons. The van der Waals surface area contributed by atoms with Crippen LogP contribution in [0.5, 0.6) is 0 Å². The minimum Gasteiger partial charge on any atom is -0.325 e. The molecule has 70 valence electrons. The summed E-state index contributed by atoms with van der Waals surface area (Å²) in [7, 11) is 0. The zero-order valence-electron chi connectivity index (χ0n) is 8.09. The van der Waals surface area contributed by atoms with Crippen molar-refractivity contribution in [3.05, 3.63) is 22.0 Å². The maximum atomic E-state index is 5.68. The standard InChI is InChI=1S/C9H13N3S/c1-5-8(4-10)12-6(2)7(3)13-9(12)11-5/h4,10H2,1-3H3. The first-order chi connectivity index (χ1) is 6.15. The number of nitrogens with two attached hydrogens (primary N) is 1. The number of hydrogen-bond donors (Lipinski definition) is 1. The lowest BCUT2D eigenvalue weighted by atomic mass is 10.3. The average molecular weight is 195 g/mol. The largest absolute Gasteiger partial charge is 0.325 e. The third kappa shape index (κ3) is 1.09. The van der Waals surface area contributed by atoms with E-state index in [-0.39, 0.29) is 0 Å². The van der Waals surface area contributed by atoms with Gasteiger partial charge in [0.1, 0.15) is 0 Å². The number of hydrogen-bond acceptors (Lipinski definition) is 3. The number of nitrogens with zero attached hydrogens (tertiary/aromatic N) is 2. The lowest BCUT2D eigenvalue weighted by Gasteiger charge is -1.98. The van der Waals surface area contributed by atoms with E-state index in [2.05, 4.69) is 23.2 Å². The Hall–Kier alpha value is -0.870. The van der Waals surface area contributed by atoms with E-state index in [0.717, 1.165) is 16.3 Å². The molecule has 2 aromatic heterocycles. The molecule has 2 heterocycles. The summed E-state index contributed by atoms with van der Waals surface area (Å²) in [6.45, 7) is 6.80. The molecule has 0 bridgehead atoms. The Morgan fingerprint density at radius 3 is 2.69 bits per heavy atom. The van der Waals surface area contributed by atoms with Crippen LogP contribution in [0.15, 0.2) is 0 Å². The minimum absolute atomic E-state index is 0.560. The van der Waals surface area contributed by atoms with Gasteiger partial charge in [-0.05, 0) is 20.8 Å². The fourth-order valence-corrected chi connectivity index (χ4v) is 2.59. The van der Waals surface area contributed by atoms with Crippen molar-refractivity contribution in [2.75, 3.05) is 0 Å². The molecule has 2 N–H and O–H groups in total. The van der Waals surface area contributed by atoms with Crippen molar-refractivity contribution >= 4 is 16.3 Å². The minimum atomic E-state index is 0.560. The predicted octanol–water partition coefficient (Wildman–Crippen LogP) is 1.78. The molecule has 0 unspecified atom stereocenters. The molecule has 0 aliphatic rings. The molecule has 2 rings (SSSR count). The van der Waals surface area contributed by atoms with Gasteiger partial charge in [-0.3, -0.25) is 4.40 Å². The van der Waals surface area contributed by atoms with Crippen molar-refractivity contribution in [3.63, 3.8) is 0 Å². The van der Waals surface area contributed by atoms with Crippen molar-refractivity contribution in [2.24, 2.45) is 5.73 Å². The van der Waals surface area contributed by atoms with Crippen LogP contribution in [-0.4, -0.2) is 9.38 Å². The van der Waals surface area contributed by atoms with Crippen LogP contribution in [0.3, 0.4) is 0 Å². The highest BCUT2D eigenvalue weighted by Crippen LogP contribution is 2.24. The Balaban J connectivity index is 2.86. The van der Waals surface area contributed by atoms with Gasteiger partial charge < -0.3 is 5.73 Å². The Morgan fingerprint density at radius 1 is 1.38 bits per heavy atom. The van der Waals surface area contributed by atoms with Crippen LogP contribution in [0.1, 0.15) is 22.0 Å². The van der Waals surface area contributed by atoms with Gasteiger partial charge in [-0.2, -0.15) is 0 Å². The van der Waals surface area contributed by atoms with Crippen molar-refractivity contribution in [1.82, 2.24) is 9.38 Å². The van der Waals surface area contributed by atoms with Crippen molar-refractivity contribution < 1.29 is 0 Å². The topological polar surface area (TPSA) is 43.3 Å². The van der Waals surface area contributed by atoms with Gasteiger partial charge in [-0.1, -0.05) is 0 Å². The zero-order valence-corrected chi connectivity index (χ0v) is 8.90. The number of aryl methyl sites for hydroxylation is 3. The molecule has 0 fully saturated rings. The van der Waals surface area contributed by atoms with Crippen LogP contribution in [-0.2, 0) is 6.54 Å². The summed E-state index contributed by atoms with van der Waals surface area (Å²) >= 11 is 1.73. The van der Waals surface area contributed by atoms with Gasteiger partial charge in [0.15, 0.2) is 4.96 Å². The fraction of sp³-hybridized carbons (Fsp3) is 0.444. The SMILES string of the molecule is Cc1nc2sc(C)c(C)n2c1CN. The van der Waals surface area contributed by atoms with E-state index in [1.165, 1.54) is 10.6 Å². The summed E-state index contributed by atoms with van der Waals surface area (Å²) in [4.78, 5) is 6.85. The molecule has 4 heteroatoms. The number of fused-ring (bicyclic) bond motifs is 1. The Kier molecular flexibility index (Phi) is 1.89. The normalized spacial score (nSPS) is 11.4. The molecule has 13 heavy (non-hydrogen) atoms. The highest BCUT2D eigenvalue weighted by molar-refractivity contribution is 7.17. The number of aromatic nitrogens is 2. The Bertz CT molecular complexity index is 453. The maximum Gasteiger partial charge on any atom is 0.194 e. The number of thiazole rings is 1. The summed E-state index contributed by atoms with van der Waals surface area (Å²) in [5.74, 6) is 0. The summed E-state index contributed by atoms with van der Waals surface area (Å²) in [6, 6.07) is 0. The lowest BCUT2D eigenvalue weighted by Crippen LogP contribution is -2.03. The van der Waals surface area contributed by atoms with Gasteiger partial charge in [0.25, 0.3) is 0 Å². The zero-order chi connectivity index (χ0) is 9.59. The van der Waals surface area contributed by atoms with Crippen molar-refractivity contribution in [1.29, 1.82) is 0 Å². The maximum absolute atomic E-state index is 5.68. The van der Waals surface area contributed by atoms with Crippen molar-refractivity contribution in [2.45, 2.75) is 27.3 Å². The van der Waals surface area contributed by atoms with Crippen LogP contribution >= 0.6 is 11.3 Å². The van der Waals surface area contributed by atoms with E-state index in [1.54, 1.807) is 11.3 Å². The fourth-order valence-electron chi connectivity index (χ4n) is 1.56. The predicted molar refractivity (Wildman–Crippen MR) is 55.2 cm³/mol. The third-order valence-electron chi connectivity index (χ3n) is 2.42. The van der Waals surface area contributed by atoms with E-state index in [9.17, 15) is 0 Å². The first kappa shape index (κ1) is 8.72. The molecule has 0 aliphatic carbocycles. The summed E-state index contributed by atoms with van der Waals surface area (Å²) in [5.41, 5.74) is 9.14. The Morgan fingerprint density at radius 2 is 2.08 bits per heavy atom. The molecule has 0 atom stereocenters. The van der Waals surface area contributed by atoms with E-state index in [4.69, 9.17) is 5.73 Å². The molecule has 3 nitrogen and oxygen atoms in total. The van der Waals surface area contributed by atoms with E-state index < -0.39 is 0 Å². The van der Waals surface area contributed by atoms with E-state index >= 15 is 0 Å². The summed E-state index contributed by atoms with van der Waals surface area (Å²) < 4.78 is 2.16. The molecule has 2 aromatic rings. The second-order valence-electron chi connectivity index (χ2n) is 3.21.